The predicted molar refractivity (Wildman–Crippen MR) is 159 cm³/mol. The zero-order chi connectivity index (χ0) is 27.0. The first-order valence-corrected chi connectivity index (χ1v) is 15.2. The van der Waals surface area contributed by atoms with Gasteiger partial charge in [-0.2, -0.15) is 0 Å². The van der Waals surface area contributed by atoms with Crippen LogP contribution in [0.15, 0.2) is 54.7 Å². The van der Waals surface area contributed by atoms with E-state index in [9.17, 15) is 4.79 Å². The molecule has 2 heterocycles. The van der Waals surface area contributed by atoms with Crippen molar-refractivity contribution < 1.29 is 9.53 Å². The number of carbonyl (C=O) groups is 1. The minimum atomic E-state index is 0.169. The van der Waals surface area contributed by atoms with Crippen molar-refractivity contribution in [1.82, 2.24) is 15.2 Å². The Morgan fingerprint density at radius 2 is 1.77 bits per heavy atom. The topological polar surface area (TPSA) is 54.5 Å². The van der Waals surface area contributed by atoms with Gasteiger partial charge >= 0.3 is 0 Å². The third-order valence-electron chi connectivity index (χ3n) is 8.70. The average Bonchev–Trinajstić information content (AvgIpc) is 2.97. The number of aromatic nitrogens is 1. The minimum absolute atomic E-state index is 0.169. The molecule has 1 aromatic heterocycles. The van der Waals surface area contributed by atoms with Crippen LogP contribution in [-0.2, 0) is 17.8 Å². The van der Waals surface area contributed by atoms with E-state index >= 15 is 0 Å². The van der Waals surface area contributed by atoms with Crippen LogP contribution in [0.1, 0.15) is 75.0 Å². The Kier molecular flexibility index (Phi) is 9.52. The first kappa shape index (κ1) is 27.6. The highest BCUT2D eigenvalue weighted by molar-refractivity contribution is 5.85. The lowest BCUT2D eigenvalue weighted by Crippen LogP contribution is -2.41. The predicted octanol–water partition coefficient (Wildman–Crippen LogP) is 6.85. The molecular formula is C34H45N3O2. The fourth-order valence-corrected chi connectivity index (χ4v) is 6.23. The first-order chi connectivity index (χ1) is 19.1. The number of aryl methyl sites for hydroxylation is 2. The lowest BCUT2D eigenvalue weighted by molar-refractivity contribution is -0.126. The standard InChI is InChI=1S/C34H45N3O2/c1-3-4-6-28-21-30-7-5-18-35-33(30)32(22-28)39-31-16-19-37(20-17-31)24-27-12-14-29(15-13-27)34(38)36-23-26-10-8-25(2)9-11-26/h5,7-11,18,21-22,27,29,31H,3-4,6,12-17,19-20,23-24H2,1-2H3,(H,36,38)/t27-,29-. The number of hydrogen-bond acceptors (Lipinski definition) is 4. The summed E-state index contributed by atoms with van der Waals surface area (Å²) >= 11 is 0. The molecule has 39 heavy (non-hydrogen) atoms. The zero-order valence-corrected chi connectivity index (χ0v) is 23.8. The average molecular weight is 528 g/mol. The highest BCUT2D eigenvalue weighted by atomic mass is 16.5. The lowest BCUT2D eigenvalue weighted by atomic mass is 9.81. The van der Waals surface area contributed by atoms with Gasteiger partial charge in [-0.15, -0.1) is 0 Å². The van der Waals surface area contributed by atoms with Gasteiger partial charge in [-0.3, -0.25) is 9.78 Å². The SMILES string of the molecule is CCCCc1cc(OC2CCN(C[C@H]3CC[C@H](C(=O)NCc4ccc(C)cc4)CC3)CC2)c2ncccc2c1. The van der Waals surface area contributed by atoms with Crippen LogP contribution < -0.4 is 10.1 Å². The summed E-state index contributed by atoms with van der Waals surface area (Å²) < 4.78 is 6.60. The summed E-state index contributed by atoms with van der Waals surface area (Å²) in [6, 6.07) is 17.1. The number of unbranched alkanes of at least 4 members (excludes halogenated alkanes) is 1. The maximum atomic E-state index is 12.7. The molecule has 0 radical (unpaired) electrons. The Morgan fingerprint density at radius 1 is 1.00 bits per heavy atom. The number of amides is 1. The van der Waals surface area contributed by atoms with Crippen molar-refractivity contribution in [2.75, 3.05) is 19.6 Å². The van der Waals surface area contributed by atoms with E-state index in [2.05, 4.69) is 71.5 Å². The number of nitrogens with one attached hydrogen (secondary N) is 1. The maximum Gasteiger partial charge on any atom is 0.223 e. The van der Waals surface area contributed by atoms with Crippen molar-refractivity contribution in [1.29, 1.82) is 0 Å². The third kappa shape index (κ3) is 7.60. The Balaban J connectivity index is 1.05. The molecule has 208 valence electrons. The number of carbonyl (C=O) groups excluding carboxylic acids is 1. The number of benzene rings is 2. The lowest BCUT2D eigenvalue weighted by Gasteiger charge is -2.36. The normalized spacial score (nSPS) is 20.7. The molecule has 1 amide bonds. The molecule has 0 bridgehead atoms. The van der Waals surface area contributed by atoms with Gasteiger partial charge in [0.15, 0.2) is 0 Å². The van der Waals surface area contributed by atoms with Crippen LogP contribution in [0.5, 0.6) is 5.75 Å². The van der Waals surface area contributed by atoms with E-state index in [1.165, 1.54) is 34.9 Å². The number of likely N-dealkylation sites (tertiary alicyclic amines) is 1. The van der Waals surface area contributed by atoms with Crippen LogP contribution in [0, 0.1) is 18.8 Å². The summed E-state index contributed by atoms with van der Waals surface area (Å²) in [5.41, 5.74) is 4.76. The van der Waals surface area contributed by atoms with Gasteiger partial charge in [-0.25, -0.2) is 0 Å². The van der Waals surface area contributed by atoms with Gasteiger partial charge in [0, 0.05) is 43.7 Å². The van der Waals surface area contributed by atoms with Gasteiger partial charge in [0.1, 0.15) is 17.4 Å². The largest absolute Gasteiger partial charge is 0.488 e. The van der Waals surface area contributed by atoms with E-state index in [4.69, 9.17) is 4.74 Å². The third-order valence-corrected chi connectivity index (χ3v) is 8.70. The van der Waals surface area contributed by atoms with Crippen LogP contribution in [-0.4, -0.2) is 41.5 Å². The Labute approximate surface area is 234 Å². The highest BCUT2D eigenvalue weighted by Gasteiger charge is 2.29. The second kappa shape index (κ2) is 13.4. The number of hydrogen-bond donors (Lipinski definition) is 1. The van der Waals surface area contributed by atoms with Crippen molar-refractivity contribution in [3.8, 4) is 5.75 Å². The van der Waals surface area contributed by atoms with E-state index in [-0.39, 0.29) is 17.9 Å². The first-order valence-electron chi connectivity index (χ1n) is 15.2. The summed E-state index contributed by atoms with van der Waals surface area (Å²) in [4.78, 5) is 20.0. The Bertz CT molecular complexity index is 1210. The Morgan fingerprint density at radius 3 is 2.51 bits per heavy atom. The molecule has 2 aliphatic rings. The molecule has 1 N–H and O–H groups in total. The fraction of sp³-hybridized carbons (Fsp3) is 0.529. The minimum Gasteiger partial charge on any atom is -0.488 e. The molecule has 0 spiro atoms. The van der Waals surface area contributed by atoms with Gasteiger partial charge in [-0.05, 0) is 93.5 Å². The van der Waals surface area contributed by atoms with Crippen LogP contribution in [0.4, 0.5) is 0 Å². The molecule has 5 rings (SSSR count). The molecule has 2 fully saturated rings. The summed E-state index contributed by atoms with van der Waals surface area (Å²) in [5.74, 6) is 2.05. The molecule has 5 nitrogen and oxygen atoms in total. The van der Waals surface area contributed by atoms with Gasteiger partial charge in [0.25, 0.3) is 0 Å². The number of ether oxygens (including phenoxy) is 1. The fourth-order valence-electron chi connectivity index (χ4n) is 6.23. The highest BCUT2D eigenvalue weighted by Crippen LogP contribution is 2.32. The monoisotopic (exact) mass is 527 g/mol. The van der Waals surface area contributed by atoms with Crippen molar-refractivity contribution in [3.63, 3.8) is 0 Å². The van der Waals surface area contributed by atoms with Crippen molar-refractivity contribution in [2.24, 2.45) is 11.8 Å². The molecular weight excluding hydrogens is 482 g/mol. The number of piperidine rings is 1. The number of nitrogens with zero attached hydrogens (tertiary/aromatic N) is 2. The van der Waals surface area contributed by atoms with Crippen molar-refractivity contribution >= 4 is 16.8 Å². The van der Waals surface area contributed by atoms with E-state index in [1.807, 2.05) is 12.3 Å². The summed E-state index contributed by atoms with van der Waals surface area (Å²) in [6.07, 6.45) is 12.1. The van der Waals surface area contributed by atoms with E-state index in [0.717, 1.165) is 75.8 Å². The smallest absolute Gasteiger partial charge is 0.223 e. The second-order valence-corrected chi connectivity index (χ2v) is 11.8. The zero-order valence-electron chi connectivity index (χ0n) is 23.8. The van der Waals surface area contributed by atoms with Gasteiger partial charge in [-0.1, -0.05) is 49.2 Å². The molecule has 0 atom stereocenters. The summed E-state index contributed by atoms with van der Waals surface area (Å²) in [5, 5.41) is 4.34. The quantitative estimate of drug-likeness (QED) is 0.313. The van der Waals surface area contributed by atoms with E-state index in [1.54, 1.807) is 0 Å². The van der Waals surface area contributed by atoms with Crippen LogP contribution in [0.2, 0.25) is 0 Å². The molecule has 0 unspecified atom stereocenters. The van der Waals surface area contributed by atoms with E-state index in [0.29, 0.717) is 12.5 Å². The number of pyridine rings is 1. The molecule has 1 saturated heterocycles. The van der Waals surface area contributed by atoms with Gasteiger partial charge in [0.05, 0.1) is 0 Å². The van der Waals surface area contributed by atoms with E-state index < -0.39 is 0 Å². The molecule has 1 saturated carbocycles. The molecule has 2 aromatic carbocycles. The molecule has 1 aliphatic heterocycles. The van der Waals surface area contributed by atoms with Crippen LogP contribution in [0.25, 0.3) is 10.9 Å². The molecule has 5 heteroatoms. The van der Waals surface area contributed by atoms with Crippen LogP contribution in [0.3, 0.4) is 0 Å². The molecule has 3 aromatic rings. The van der Waals surface area contributed by atoms with Gasteiger partial charge < -0.3 is 15.0 Å². The van der Waals surface area contributed by atoms with Crippen molar-refractivity contribution in [2.45, 2.75) is 84.3 Å². The van der Waals surface area contributed by atoms with Gasteiger partial charge in [0.2, 0.25) is 5.91 Å². The number of fused-ring (bicyclic) bond motifs is 1. The maximum absolute atomic E-state index is 12.7. The Hall–Kier alpha value is -2.92. The second-order valence-electron chi connectivity index (χ2n) is 11.8. The van der Waals surface area contributed by atoms with Crippen LogP contribution >= 0.6 is 0 Å². The number of rotatable bonds is 10. The van der Waals surface area contributed by atoms with Crippen molar-refractivity contribution in [3.05, 3.63) is 71.4 Å². The molecule has 1 aliphatic carbocycles. The summed E-state index contributed by atoms with van der Waals surface area (Å²) in [7, 11) is 0. The summed E-state index contributed by atoms with van der Waals surface area (Å²) in [6.45, 7) is 8.28.